The standard InChI is InChI=1S/C14H17N/c1-6-10-14-12(8-3)11(7-2)13(9-4)15(14)5/h6-10H,1-2,4H2,3,5H3/b12-8-,14-10+. The molecular formula is C14H17N. The van der Waals surface area contributed by atoms with Crippen LogP contribution in [-0.4, -0.2) is 4.57 Å². The predicted octanol–water partition coefficient (Wildman–Crippen LogP) is 2.08. The van der Waals surface area contributed by atoms with E-state index in [1.807, 2.05) is 32.2 Å². The average molecular weight is 199 g/mol. The van der Waals surface area contributed by atoms with Gasteiger partial charge in [-0.15, -0.1) is 0 Å². The monoisotopic (exact) mass is 199 g/mol. The van der Waals surface area contributed by atoms with E-state index >= 15 is 0 Å². The molecule has 0 aliphatic heterocycles. The van der Waals surface area contributed by atoms with Crippen molar-refractivity contribution in [3.05, 3.63) is 47.6 Å². The Morgan fingerprint density at radius 2 is 1.80 bits per heavy atom. The predicted molar refractivity (Wildman–Crippen MR) is 69.6 cm³/mol. The fourth-order valence-electron chi connectivity index (χ4n) is 1.85. The van der Waals surface area contributed by atoms with E-state index in [4.69, 9.17) is 0 Å². The second-order valence-corrected chi connectivity index (χ2v) is 3.26. The van der Waals surface area contributed by atoms with Gasteiger partial charge < -0.3 is 4.57 Å². The molecule has 1 heteroatoms. The van der Waals surface area contributed by atoms with Gasteiger partial charge in [0, 0.05) is 28.9 Å². The van der Waals surface area contributed by atoms with Crippen molar-refractivity contribution in [2.75, 3.05) is 0 Å². The van der Waals surface area contributed by atoms with Crippen LogP contribution in [-0.2, 0) is 7.05 Å². The Hall–Kier alpha value is -1.76. The lowest BCUT2D eigenvalue weighted by Crippen LogP contribution is -2.28. The van der Waals surface area contributed by atoms with E-state index in [1.54, 1.807) is 6.08 Å². The van der Waals surface area contributed by atoms with Crippen LogP contribution in [0, 0.1) is 0 Å². The zero-order chi connectivity index (χ0) is 11.4. The molecule has 0 radical (unpaired) electrons. The maximum Gasteiger partial charge on any atom is 0.0485 e. The minimum absolute atomic E-state index is 1.09. The molecule has 0 aliphatic rings. The summed E-state index contributed by atoms with van der Waals surface area (Å²) in [5.41, 5.74) is 2.22. The normalized spacial score (nSPS) is 12.9. The first-order valence-electron chi connectivity index (χ1n) is 4.93. The Labute approximate surface area is 91.1 Å². The van der Waals surface area contributed by atoms with Crippen LogP contribution in [0.1, 0.15) is 18.2 Å². The number of allylic oxidation sites excluding steroid dienone is 1. The van der Waals surface area contributed by atoms with Gasteiger partial charge in [-0.2, -0.15) is 0 Å². The second kappa shape index (κ2) is 4.65. The highest BCUT2D eigenvalue weighted by Crippen LogP contribution is 2.04. The zero-order valence-corrected chi connectivity index (χ0v) is 9.46. The lowest BCUT2D eigenvalue weighted by atomic mass is 10.2. The first kappa shape index (κ1) is 11.3. The Kier molecular flexibility index (Phi) is 3.51. The van der Waals surface area contributed by atoms with E-state index in [2.05, 4.69) is 30.4 Å². The molecule has 0 N–H and O–H groups in total. The molecule has 1 nitrogen and oxygen atoms in total. The zero-order valence-electron chi connectivity index (χ0n) is 9.46. The quantitative estimate of drug-likeness (QED) is 0.702. The van der Waals surface area contributed by atoms with Crippen molar-refractivity contribution >= 4 is 24.3 Å². The molecule has 0 bridgehead atoms. The van der Waals surface area contributed by atoms with Crippen molar-refractivity contribution in [3.8, 4) is 0 Å². The van der Waals surface area contributed by atoms with Crippen LogP contribution < -0.4 is 10.6 Å². The van der Waals surface area contributed by atoms with E-state index in [1.165, 1.54) is 5.22 Å². The van der Waals surface area contributed by atoms with E-state index in [-0.39, 0.29) is 0 Å². The Bertz CT molecular complexity index is 513. The molecule has 1 aromatic rings. The minimum atomic E-state index is 1.09. The molecule has 0 saturated carbocycles. The van der Waals surface area contributed by atoms with Crippen LogP contribution in [0.15, 0.2) is 25.8 Å². The summed E-state index contributed by atoms with van der Waals surface area (Å²) in [6.45, 7) is 13.4. The van der Waals surface area contributed by atoms with Crippen LogP contribution in [0.4, 0.5) is 0 Å². The number of hydrogen-bond donors (Lipinski definition) is 0. The van der Waals surface area contributed by atoms with Crippen molar-refractivity contribution in [1.82, 2.24) is 4.57 Å². The van der Waals surface area contributed by atoms with E-state index in [9.17, 15) is 0 Å². The van der Waals surface area contributed by atoms with E-state index in [0.29, 0.717) is 0 Å². The summed E-state index contributed by atoms with van der Waals surface area (Å²) in [5.74, 6) is 0. The maximum absolute atomic E-state index is 3.84. The van der Waals surface area contributed by atoms with Crippen molar-refractivity contribution in [2.24, 2.45) is 7.05 Å². The van der Waals surface area contributed by atoms with Crippen LogP contribution in [0.5, 0.6) is 0 Å². The SMILES string of the molecule is C=C/C=c1\c(=C/C)c(C=C)c(C=C)n1C. The van der Waals surface area contributed by atoms with Crippen molar-refractivity contribution in [2.45, 2.75) is 6.92 Å². The fourth-order valence-corrected chi connectivity index (χ4v) is 1.85. The van der Waals surface area contributed by atoms with Gasteiger partial charge in [0.2, 0.25) is 0 Å². The summed E-state index contributed by atoms with van der Waals surface area (Å²) in [6.07, 6.45) is 9.59. The number of rotatable bonds is 3. The van der Waals surface area contributed by atoms with Gasteiger partial charge in [0.05, 0.1) is 0 Å². The lowest BCUT2D eigenvalue weighted by Gasteiger charge is -1.97. The molecule has 15 heavy (non-hydrogen) atoms. The molecule has 0 atom stereocenters. The summed E-state index contributed by atoms with van der Waals surface area (Å²) in [7, 11) is 2.02. The Balaban J connectivity index is 3.92. The molecule has 0 aliphatic carbocycles. The minimum Gasteiger partial charge on any atom is -0.344 e. The number of hydrogen-bond acceptors (Lipinski definition) is 0. The average Bonchev–Trinajstić information content (AvgIpc) is 2.51. The molecule has 0 aromatic carbocycles. The van der Waals surface area contributed by atoms with Crippen LogP contribution in [0.2, 0.25) is 0 Å². The Morgan fingerprint density at radius 3 is 2.20 bits per heavy atom. The van der Waals surface area contributed by atoms with E-state index < -0.39 is 0 Å². The van der Waals surface area contributed by atoms with Gasteiger partial charge in [-0.3, -0.25) is 0 Å². The third kappa shape index (κ3) is 1.73. The lowest BCUT2D eigenvalue weighted by molar-refractivity contribution is 0.877. The van der Waals surface area contributed by atoms with Gasteiger partial charge in [0.25, 0.3) is 0 Å². The van der Waals surface area contributed by atoms with Crippen molar-refractivity contribution < 1.29 is 0 Å². The third-order valence-electron chi connectivity index (χ3n) is 2.53. The van der Waals surface area contributed by atoms with Gasteiger partial charge in [-0.1, -0.05) is 38.0 Å². The molecule has 0 amide bonds. The molecule has 0 fully saturated rings. The largest absolute Gasteiger partial charge is 0.344 e. The van der Waals surface area contributed by atoms with Gasteiger partial charge in [-0.25, -0.2) is 0 Å². The summed E-state index contributed by atoms with van der Waals surface area (Å²) in [6, 6.07) is 0. The molecule has 0 saturated heterocycles. The summed E-state index contributed by atoms with van der Waals surface area (Å²) in [5, 5.41) is 2.32. The maximum atomic E-state index is 3.84. The molecule has 1 rings (SSSR count). The third-order valence-corrected chi connectivity index (χ3v) is 2.53. The smallest absolute Gasteiger partial charge is 0.0485 e. The summed E-state index contributed by atoms with van der Waals surface area (Å²) < 4.78 is 2.10. The molecule has 78 valence electrons. The van der Waals surface area contributed by atoms with Gasteiger partial charge in [-0.05, 0) is 19.1 Å². The van der Waals surface area contributed by atoms with Crippen LogP contribution >= 0.6 is 0 Å². The van der Waals surface area contributed by atoms with Gasteiger partial charge >= 0.3 is 0 Å². The topological polar surface area (TPSA) is 4.93 Å². The first-order chi connectivity index (χ1) is 7.21. The van der Waals surface area contributed by atoms with Crippen molar-refractivity contribution in [3.63, 3.8) is 0 Å². The second-order valence-electron chi connectivity index (χ2n) is 3.26. The first-order valence-corrected chi connectivity index (χ1v) is 4.93. The highest BCUT2D eigenvalue weighted by atomic mass is 14.9. The molecule has 1 heterocycles. The number of aromatic nitrogens is 1. The van der Waals surface area contributed by atoms with Crippen molar-refractivity contribution in [1.29, 1.82) is 0 Å². The highest BCUT2D eigenvalue weighted by molar-refractivity contribution is 5.64. The molecule has 1 aromatic heterocycles. The van der Waals surface area contributed by atoms with Crippen LogP contribution in [0.3, 0.4) is 0 Å². The molecule has 0 spiro atoms. The van der Waals surface area contributed by atoms with Crippen LogP contribution in [0.25, 0.3) is 24.3 Å². The summed E-state index contributed by atoms with van der Waals surface area (Å²) in [4.78, 5) is 0. The van der Waals surface area contributed by atoms with Gasteiger partial charge in [0.1, 0.15) is 0 Å². The highest BCUT2D eigenvalue weighted by Gasteiger charge is 2.05. The summed E-state index contributed by atoms with van der Waals surface area (Å²) >= 11 is 0. The molecule has 0 unspecified atom stereocenters. The number of nitrogens with zero attached hydrogens (tertiary/aromatic N) is 1. The van der Waals surface area contributed by atoms with E-state index in [0.717, 1.165) is 16.6 Å². The van der Waals surface area contributed by atoms with Gasteiger partial charge in [0.15, 0.2) is 0 Å². The Morgan fingerprint density at radius 1 is 1.13 bits per heavy atom. The molecular weight excluding hydrogens is 182 g/mol. The fraction of sp³-hybridized carbons (Fsp3) is 0.143.